The Bertz CT molecular complexity index is 413. The fraction of sp³-hybridized carbons (Fsp3) is 0.647. The second-order valence-corrected chi connectivity index (χ2v) is 6.10. The van der Waals surface area contributed by atoms with Gasteiger partial charge in [-0.3, -0.25) is 0 Å². The molecular formula is C17H25F2N. The van der Waals surface area contributed by atoms with Crippen molar-refractivity contribution >= 4 is 0 Å². The van der Waals surface area contributed by atoms with Crippen LogP contribution in [0.1, 0.15) is 45.1 Å². The summed E-state index contributed by atoms with van der Waals surface area (Å²) < 4.78 is 27.7. The maximum absolute atomic E-state index is 13.8. The minimum atomic E-state index is -0.420. The van der Waals surface area contributed by atoms with Crippen molar-refractivity contribution in [2.75, 3.05) is 6.54 Å². The Labute approximate surface area is 120 Å². The van der Waals surface area contributed by atoms with Gasteiger partial charge in [-0.05, 0) is 49.8 Å². The van der Waals surface area contributed by atoms with Crippen molar-refractivity contribution in [1.82, 2.24) is 5.32 Å². The number of rotatable bonds is 5. The second kappa shape index (κ2) is 7.16. The molecule has 3 heteroatoms. The fourth-order valence-corrected chi connectivity index (χ4v) is 3.46. The predicted molar refractivity (Wildman–Crippen MR) is 78.6 cm³/mol. The maximum atomic E-state index is 13.8. The molecule has 112 valence electrons. The van der Waals surface area contributed by atoms with Gasteiger partial charge in [0.05, 0.1) is 0 Å². The Hall–Kier alpha value is -0.960. The highest BCUT2D eigenvalue weighted by Gasteiger charge is 2.27. The maximum Gasteiger partial charge on any atom is 0.129 e. The third kappa shape index (κ3) is 3.78. The van der Waals surface area contributed by atoms with E-state index in [1.54, 1.807) is 0 Å². The average Bonchev–Trinajstić information content (AvgIpc) is 2.42. The Morgan fingerprint density at radius 2 is 1.95 bits per heavy atom. The van der Waals surface area contributed by atoms with E-state index in [-0.39, 0.29) is 11.6 Å². The van der Waals surface area contributed by atoms with Crippen LogP contribution in [0.5, 0.6) is 0 Å². The van der Waals surface area contributed by atoms with Gasteiger partial charge in [0.2, 0.25) is 0 Å². The van der Waals surface area contributed by atoms with Crippen LogP contribution < -0.4 is 5.32 Å². The van der Waals surface area contributed by atoms with Gasteiger partial charge < -0.3 is 5.32 Å². The first kappa shape index (κ1) is 15.4. The lowest BCUT2D eigenvalue weighted by Gasteiger charge is -2.34. The van der Waals surface area contributed by atoms with Gasteiger partial charge in [0, 0.05) is 11.6 Å². The van der Waals surface area contributed by atoms with Crippen molar-refractivity contribution in [1.29, 1.82) is 0 Å². The van der Waals surface area contributed by atoms with Crippen LogP contribution in [-0.2, 0) is 6.42 Å². The molecule has 1 saturated carbocycles. The topological polar surface area (TPSA) is 12.0 Å². The largest absolute Gasteiger partial charge is 0.314 e. The van der Waals surface area contributed by atoms with Crippen molar-refractivity contribution in [2.45, 2.75) is 52.0 Å². The highest BCUT2D eigenvalue weighted by molar-refractivity contribution is 5.21. The van der Waals surface area contributed by atoms with E-state index in [0.717, 1.165) is 25.3 Å². The highest BCUT2D eigenvalue weighted by atomic mass is 19.1. The average molecular weight is 281 g/mol. The molecule has 1 fully saturated rings. The van der Waals surface area contributed by atoms with Crippen LogP contribution in [0.3, 0.4) is 0 Å². The number of likely N-dealkylation sites (N-methyl/N-ethyl adjacent to an activating group) is 1. The summed E-state index contributed by atoms with van der Waals surface area (Å²) >= 11 is 0. The summed E-state index contributed by atoms with van der Waals surface area (Å²) in [7, 11) is 0. The van der Waals surface area contributed by atoms with E-state index in [1.807, 2.05) is 0 Å². The lowest BCUT2D eigenvalue weighted by Crippen LogP contribution is -2.40. The van der Waals surface area contributed by atoms with Gasteiger partial charge in [-0.2, -0.15) is 0 Å². The molecule has 0 spiro atoms. The second-order valence-electron chi connectivity index (χ2n) is 6.10. The van der Waals surface area contributed by atoms with E-state index in [1.165, 1.54) is 31.0 Å². The first-order valence-electron chi connectivity index (χ1n) is 7.78. The molecule has 0 aromatic heterocycles. The molecule has 1 N–H and O–H groups in total. The third-order valence-electron chi connectivity index (χ3n) is 4.50. The molecule has 1 aromatic carbocycles. The fourth-order valence-electron chi connectivity index (χ4n) is 3.46. The van der Waals surface area contributed by atoms with E-state index >= 15 is 0 Å². The molecule has 0 heterocycles. The molecule has 0 saturated heterocycles. The molecule has 0 aliphatic heterocycles. The minimum Gasteiger partial charge on any atom is -0.314 e. The van der Waals surface area contributed by atoms with E-state index in [2.05, 4.69) is 19.2 Å². The van der Waals surface area contributed by atoms with Crippen molar-refractivity contribution < 1.29 is 8.78 Å². The van der Waals surface area contributed by atoms with Gasteiger partial charge in [-0.15, -0.1) is 0 Å². The summed E-state index contributed by atoms with van der Waals surface area (Å²) in [5.41, 5.74) is 0.233. The molecule has 0 radical (unpaired) electrons. The number of hydrogen-bond acceptors (Lipinski definition) is 1. The molecule has 1 aromatic rings. The smallest absolute Gasteiger partial charge is 0.129 e. The van der Waals surface area contributed by atoms with Crippen LogP contribution in [0.4, 0.5) is 8.78 Å². The summed E-state index contributed by atoms with van der Waals surface area (Å²) in [6.45, 7) is 5.17. The van der Waals surface area contributed by atoms with Crippen molar-refractivity contribution in [3.63, 3.8) is 0 Å². The standard InChI is InChI=1S/C17H25F2N/c1-3-20-17(13-7-4-6-12(2)10-13)11-14-15(18)8-5-9-16(14)19/h5,8-9,12-13,17,20H,3-4,6-7,10-11H2,1-2H3. The zero-order valence-corrected chi connectivity index (χ0v) is 12.5. The molecule has 0 amide bonds. The first-order valence-corrected chi connectivity index (χ1v) is 7.78. The quantitative estimate of drug-likeness (QED) is 0.848. The van der Waals surface area contributed by atoms with Crippen LogP contribution >= 0.6 is 0 Å². The predicted octanol–water partition coefficient (Wildman–Crippen LogP) is 4.31. The van der Waals surface area contributed by atoms with E-state index in [9.17, 15) is 8.78 Å². The Morgan fingerprint density at radius 3 is 2.55 bits per heavy atom. The summed E-state index contributed by atoms with van der Waals surface area (Å²) in [5.74, 6) is 0.409. The van der Waals surface area contributed by atoms with Gasteiger partial charge in [-0.25, -0.2) is 8.78 Å². The molecule has 0 bridgehead atoms. The van der Waals surface area contributed by atoms with Gasteiger partial charge in [0.25, 0.3) is 0 Å². The number of benzene rings is 1. The minimum absolute atomic E-state index is 0.175. The Kier molecular flexibility index (Phi) is 5.53. The molecule has 3 unspecified atom stereocenters. The van der Waals surface area contributed by atoms with Gasteiger partial charge in [0.1, 0.15) is 11.6 Å². The lowest BCUT2D eigenvalue weighted by molar-refractivity contribution is 0.221. The van der Waals surface area contributed by atoms with Crippen LogP contribution in [-0.4, -0.2) is 12.6 Å². The monoisotopic (exact) mass is 281 g/mol. The summed E-state index contributed by atoms with van der Waals surface area (Å²) in [6.07, 6.45) is 5.28. The van der Waals surface area contributed by atoms with Crippen LogP contribution in [0.15, 0.2) is 18.2 Å². The molecule has 1 nitrogen and oxygen atoms in total. The summed E-state index contributed by atoms with van der Waals surface area (Å²) in [4.78, 5) is 0. The highest BCUT2D eigenvalue weighted by Crippen LogP contribution is 2.32. The van der Waals surface area contributed by atoms with Gasteiger partial charge in [0.15, 0.2) is 0 Å². The Morgan fingerprint density at radius 1 is 1.25 bits per heavy atom. The van der Waals surface area contributed by atoms with Crippen molar-refractivity contribution in [3.8, 4) is 0 Å². The molecule has 20 heavy (non-hydrogen) atoms. The summed E-state index contributed by atoms with van der Waals surface area (Å²) in [5, 5.41) is 3.44. The van der Waals surface area contributed by atoms with Crippen molar-refractivity contribution in [2.24, 2.45) is 11.8 Å². The van der Waals surface area contributed by atoms with E-state index in [0.29, 0.717) is 12.3 Å². The van der Waals surface area contributed by atoms with E-state index < -0.39 is 11.6 Å². The van der Waals surface area contributed by atoms with Crippen LogP contribution in [0, 0.1) is 23.5 Å². The first-order chi connectivity index (χ1) is 9.61. The molecular weight excluding hydrogens is 256 g/mol. The molecule has 1 aliphatic carbocycles. The van der Waals surface area contributed by atoms with Gasteiger partial charge >= 0.3 is 0 Å². The molecule has 2 rings (SSSR count). The summed E-state index contributed by atoms with van der Waals surface area (Å²) in [6, 6.07) is 4.31. The lowest BCUT2D eigenvalue weighted by atomic mass is 9.77. The normalized spacial score (nSPS) is 24.6. The van der Waals surface area contributed by atoms with Crippen molar-refractivity contribution in [3.05, 3.63) is 35.4 Å². The number of halogens is 2. The third-order valence-corrected chi connectivity index (χ3v) is 4.50. The SMILES string of the molecule is CCNC(Cc1c(F)cccc1F)C1CCCC(C)C1. The van der Waals surface area contributed by atoms with E-state index in [4.69, 9.17) is 0 Å². The molecule has 3 atom stereocenters. The molecule has 1 aliphatic rings. The van der Waals surface area contributed by atoms with Crippen LogP contribution in [0.2, 0.25) is 0 Å². The van der Waals surface area contributed by atoms with Gasteiger partial charge in [-0.1, -0.05) is 32.8 Å². The number of hydrogen-bond donors (Lipinski definition) is 1. The number of nitrogens with one attached hydrogen (secondary N) is 1. The zero-order chi connectivity index (χ0) is 14.5. The van der Waals surface area contributed by atoms with Crippen LogP contribution in [0.25, 0.3) is 0 Å². The Balaban J connectivity index is 2.12. The zero-order valence-electron chi connectivity index (χ0n) is 12.5.